The standard InChI is InChI=1S/C15H15N5O3S/c1-2-23-13-4-6-14(7-5-13)24(21,22)19-12-3-8-15(16-9-12)20-10-17-18-11-20/h3-11,19H,2H2,1H3. The van der Waals surface area contributed by atoms with Gasteiger partial charge in [-0.2, -0.15) is 0 Å². The number of nitrogens with zero attached hydrogens (tertiary/aromatic N) is 4. The molecular weight excluding hydrogens is 330 g/mol. The molecule has 0 bridgehead atoms. The smallest absolute Gasteiger partial charge is 0.261 e. The predicted octanol–water partition coefficient (Wildman–Crippen LogP) is 1.86. The van der Waals surface area contributed by atoms with E-state index in [0.717, 1.165) is 0 Å². The number of hydrogen-bond acceptors (Lipinski definition) is 6. The van der Waals surface area contributed by atoms with Crippen LogP contribution in [0.15, 0.2) is 60.1 Å². The van der Waals surface area contributed by atoms with Crippen LogP contribution < -0.4 is 9.46 Å². The molecule has 2 heterocycles. The summed E-state index contributed by atoms with van der Waals surface area (Å²) in [5, 5.41) is 7.38. The molecule has 0 amide bonds. The van der Waals surface area contributed by atoms with Gasteiger partial charge in [-0.3, -0.25) is 9.29 Å². The molecule has 8 nitrogen and oxygen atoms in total. The van der Waals surface area contributed by atoms with Crippen molar-refractivity contribution in [2.24, 2.45) is 0 Å². The summed E-state index contributed by atoms with van der Waals surface area (Å²) >= 11 is 0. The average molecular weight is 345 g/mol. The van der Waals surface area contributed by atoms with Crippen LogP contribution in [0.4, 0.5) is 5.69 Å². The molecular formula is C15H15N5O3S. The number of benzene rings is 1. The lowest BCUT2D eigenvalue weighted by Crippen LogP contribution is -2.13. The highest BCUT2D eigenvalue weighted by Crippen LogP contribution is 2.19. The van der Waals surface area contributed by atoms with E-state index in [-0.39, 0.29) is 4.90 Å². The van der Waals surface area contributed by atoms with Crippen LogP contribution in [-0.4, -0.2) is 34.8 Å². The molecule has 9 heteroatoms. The SMILES string of the molecule is CCOc1ccc(S(=O)(=O)Nc2ccc(-n3cnnc3)nc2)cc1. The van der Waals surface area contributed by atoms with E-state index in [2.05, 4.69) is 19.9 Å². The number of rotatable bonds is 6. The van der Waals surface area contributed by atoms with Gasteiger partial charge in [-0.05, 0) is 43.3 Å². The van der Waals surface area contributed by atoms with Gasteiger partial charge in [0.05, 0.1) is 23.4 Å². The summed E-state index contributed by atoms with van der Waals surface area (Å²) in [6.07, 6.45) is 4.44. The van der Waals surface area contributed by atoms with Crippen LogP contribution in [0.1, 0.15) is 6.92 Å². The third kappa shape index (κ3) is 3.51. The van der Waals surface area contributed by atoms with Gasteiger partial charge in [0.1, 0.15) is 24.2 Å². The molecule has 0 saturated carbocycles. The van der Waals surface area contributed by atoms with E-state index >= 15 is 0 Å². The Morgan fingerprint density at radius 2 is 1.79 bits per heavy atom. The van der Waals surface area contributed by atoms with Crippen molar-refractivity contribution in [1.29, 1.82) is 0 Å². The first-order chi connectivity index (χ1) is 11.6. The van der Waals surface area contributed by atoms with Crippen molar-refractivity contribution in [2.45, 2.75) is 11.8 Å². The molecule has 0 atom stereocenters. The van der Waals surface area contributed by atoms with Crippen LogP contribution in [-0.2, 0) is 10.0 Å². The highest BCUT2D eigenvalue weighted by atomic mass is 32.2. The van der Waals surface area contributed by atoms with Gasteiger partial charge in [-0.1, -0.05) is 0 Å². The number of ether oxygens (including phenoxy) is 1. The Morgan fingerprint density at radius 1 is 1.08 bits per heavy atom. The molecule has 0 aliphatic carbocycles. The third-order valence-corrected chi connectivity index (χ3v) is 4.53. The molecule has 0 radical (unpaired) electrons. The molecule has 3 rings (SSSR count). The van der Waals surface area contributed by atoms with Gasteiger partial charge in [0, 0.05) is 0 Å². The fourth-order valence-electron chi connectivity index (χ4n) is 2.01. The minimum absolute atomic E-state index is 0.147. The minimum atomic E-state index is -3.69. The maximum Gasteiger partial charge on any atom is 0.261 e. The second-order valence-corrected chi connectivity index (χ2v) is 6.47. The number of aromatic nitrogens is 4. The summed E-state index contributed by atoms with van der Waals surface area (Å²) < 4.78 is 34.2. The molecule has 24 heavy (non-hydrogen) atoms. The monoisotopic (exact) mass is 345 g/mol. The van der Waals surface area contributed by atoms with Gasteiger partial charge in [-0.25, -0.2) is 13.4 Å². The highest BCUT2D eigenvalue weighted by molar-refractivity contribution is 7.92. The van der Waals surface area contributed by atoms with Crippen LogP contribution in [0.2, 0.25) is 0 Å². The minimum Gasteiger partial charge on any atom is -0.494 e. The molecule has 0 fully saturated rings. The summed E-state index contributed by atoms with van der Waals surface area (Å²) in [5.74, 6) is 1.21. The molecule has 0 unspecified atom stereocenters. The summed E-state index contributed by atoms with van der Waals surface area (Å²) in [6, 6.07) is 9.50. The fraction of sp³-hybridized carbons (Fsp3) is 0.133. The molecule has 1 N–H and O–H groups in total. The van der Waals surface area contributed by atoms with E-state index < -0.39 is 10.0 Å². The van der Waals surface area contributed by atoms with E-state index in [0.29, 0.717) is 23.9 Å². The molecule has 1 aromatic carbocycles. The summed E-state index contributed by atoms with van der Waals surface area (Å²) in [6.45, 7) is 2.39. The zero-order valence-corrected chi connectivity index (χ0v) is 13.6. The Labute approximate surface area is 139 Å². The lowest BCUT2D eigenvalue weighted by Gasteiger charge is -2.09. The topological polar surface area (TPSA) is 99.0 Å². The molecule has 124 valence electrons. The van der Waals surface area contributed by atoms with Gasteiger partial charge < -0.3 is 4.74 Å². The quantitative estimate of drug-likeness (QED) is 0.732. The lowest BCUT2D eigenvalue weighted by molar-refractivity contribution is 0.340. The van der Waals surface area contributed by atoms with E-state index in [1.807, 2.05) is 6.92 Å². The number of hydrogen-bond donors (Lipinski definition) is 1. The first kappa shape index (κ1) is 15.9. The van der Waals surface area contributed by atoms with E-state index in [9.17, 15) is 8.42 Å². The molecule has 0 aliphatic heterocycles. The van der Waals surface area contributed by atoms with E-state index in [4.69, 9.17) is 4.74 Å². The zero-order valence-electron chi connectivity index (χ0n) is 12.8. The summed E-state index contributed by atoms with van der Waals surface area (Å²) in [7, 11) is -3.69. The highest BCUT2D eigenvalue weighted by Gasteiger charge is 2.14. The lowest BCUT2D eigenvalue weighted by atomic mass is 10.3. The summed E-state index contributed by atoms with van der Waals surface area (Å²) in [4.78, 5) is 4.32. The van der Waals surface area contributed by atoms with Gasteiger partial charge >= 0.3 is 0 Å². The van der Waals surface area contributed by atoms with Gasteiger partial charge in [0.15, 0.2) is 0 Å². The van der Waals surface area contributed by atoms with Crippen LogP contribution in [0.25, 0.3) is 5.82 Å². The van der Waals surface area contributed by atoms with E-state index in [1.54, 1.807) is 28.8 Å². The van der Waals surface area contributed by atoms with Gasteiger partial charge in [0.25, 0.3) is 10.0 Å². The summed E-state index contributed by atoms with van der Waals surface area (Å²) in [5.41, 5.74) is 0.362. The Morgan fingerprint density at radius 3 is 2.38 bits per heavy atom. The molecule has 0 saturated heterocycles. The predicted molar refractivity (Wildman–Crippen MR) is 87.6 cm³/mol. The average Bonchev–Trinajstić information content (AvgIpc) is 3.10. The first-order valence-electron chi connectivity index (χ1n) is 7.15. The normalized spacial score (nSPS) is 11.2. The molecule has 3 aromatic rings. The van der Waals surface area contributed by atoms with Crippen molar-refractivity contribution in [1.82, 2.24) is 19.7 Å². The fourth-order valence-corrected chi connectivity index (χ4v) is 3.06. The Hall–Kier alpha value is -2.94. The zero-order chi connectivity index (χ0) is 17.0. The van der Waals surface area contributed by atoms with Crippen molar-refractivity contribution >= 4 is 15.7 Å². The molecule has 0 aliphatic rings. The van der Waals surface area contributed by atoms with Crippen LogP contribution >= 0.6 is 0 Å². The van der Waals surface area contributed by atoms with Gasteiger partial charge in [0.2, 0.25) is 0 Å². The van der Waals surface area contributed by atoms with Crippen molar-refractivity contribution in [3.63, 3.8) is 0 Å². The van der Waals surface area contributed by atoms with Crippen molar-refractivity contribution in [3.8, 4) is 11.6 Å². The maximum atomic E-state index is 12.4. The second-order valence-electron chi connectivity index (χ2n) is 4.78. The van der Waals surface area contributed by atoms with Crippen molar-refractivity contribution in [2.75, 3.05) is 11.3 Å². The van der Waals surface area contributed by atoms with Crippen LogP contribution in [0, 0.1) is 0 Å². The molecule has 2 aromatic heterocycles. The van der Waals surface area contributed by atoms with Crippen LogP contribution in [0.3, 0.4) is 0 Å². The number of anilines is 1. The Bertz CT molecular complexity index is 891. The number of pyridine rings is 1. The van der Waals surface area contributed by atoms with Crippen molar-refractivity contribution < 1.29 is 13.2 Å². The molecule has 0 spiro atoms. The Kier molecular flexibility index (Phi) is 4.43. The number of nitrogens with one attached hydrogen (secondary N) is 1. The maximum absolute atomic E-state index is 12.4. The van der Waals surface area contributed by atoms with Crippen LogP contribution in [0.5, 0.6) is 5.75 Å². The van der Waals surface area contributed by atoms with E-state index in [1.165, 1.54) is 31.0 Å². The van der Waals surface area contributed by atoms with Gasteiger partial charge in [-0.15, -0.1) is 10.2 Å². The second kappa shape index (κ2) is 6.67. The first-order valence-corrected chi connectivity index (χ1v) is 8.63. The largest absolute Gasteiger partial charge is 0.494 e. The Balaban J connectivity index is 1.76. The van der Waals surface area contributed by atoms with Crippen molar-refractivity contribution in [3.05, 3.63) is 55.2 Å². The third-order valence-electron chi connectivity index (χ3n) is 3.13. The number of sulfonamides is 1.